The van der Waals surface area contributed by atoms with Gasteiger partial charge in [-0.1, -0.05) is 17.8 Å². The van der Waals surface area contributed by atoms with Crippen LogP contribution in [0.15, 0.2) is 39.1 Å². The average Bonchev–Trinajstić information content (AvgIpc) is 2.71. The molecule has 0 aliphatic carbocycles. The van der Waals surface area contributed by atoms with E-state index in [-0.39, 0.29) is 23.3 Å². The summed E-state index contributed by atoms with van der Waals surface area (Å²) in [5, 5.41) is 6.19. The average molecular weight is 303 g/mol. The Labute approximate surface area is 124 Å². The summed E-state index contributed by atoms with van der Waals surface area (Å²) in [5.41, 5.74) is 6.91. The molecular weight excluding hydrogens is 290 g/mol. The van der Waals surface area contributed by atoms with E-state index < -0.39 is 0 Å². The number of likely N-dealkylation sites (N-methyl/N-ethyl adjacent to an activating group) is 1. The maximum Gasteiger partial charge on any atom is 0.253 e. The number of nitrogens with two attached hydrogens (primary N) is 1. The lowest BCUT2D eigenvalue weighted by molar-refractivity contribution is -0.117. The number of amides is 1. The lowest BCUT2D eigenvalue weighted by Gasteiger charge is -2.07. The van der Waals surface area contributed by atoms with Crippen LogP contribution >= 0.6 is 11.8 Å². The van der Waals surface area contributed by atoms with Gasteiger partial charge in [-0.15, -0.1) is 0 Å². The van der Waals surface area contributed by atoms with Crippen molar-refractivity contribution in [2.45, 2.75) is 16.1 Å². The third-order valence-corrected chi connectivity index (χ3v) is 3.98. The molecule has 0 fully saturated rings. The number of aromatic nitrogens is 2. The first-order valence-electron chi connectivity index (χ1n) is 6.23. The molecule has 0 saturated carbocycles. The van der Waals surface area contributed by atoms with Crippen molar-refractivity contribution < 1.29 is 4.79 Å². The summed E-state index contributed by atoms with van der Waals surface area (Å²) in [6, 6.07) is 6.49. The summed E-state index contributed by atoms with van der Waals surface area (Å²) < 4.78 is 0. The van der Waals surface area contributed by atoms with Gasteiger partial charge in [0.05, 0.1) is 0 Å². The second kappa shape index (κ2) is 5.23. The zero-order chi connectivity index (χ0) is 15.0. The zero-order valence-electron chi connectivity index (χ0n) is 11.1. The van der Waals surface area contributed by atoms with Gasteiger partial charge in [0.1, 0.15) is 11.9 Å². The molecule has 5 N–H and O–H groups in total. The van der Waals surface area contributed by atoms with Gasteiger partial charge in [-0.05, 0) is 19.2 Å². The molecule has 1 atom stereocenters. The number of aromatic amines is 1. The summed E-state index contributed by atoms with van der Waals surface area (Å²) in [7, 11) is 1.74. The summed E-state index contributed by atoms with van der Waals surface area (Å²) in [6.07, 6.45) is 0. The number of fused-ring (bicyclic) bond motifs is 1. The van der Waals surface area contributed by atoms with Gasteiger partial charge >= 0.3 is 0 Å². The smallest absolute Gasteiger partial charge is 0.253 e. The number of anilines is 2. The van der Waals surface area contributed by atoms with E-state index in [1.54, 1.807) is 7.05 Å². The van der Waals surface area contributed by atoms with Crippen LogP contribution in [0, 0.1) is 0 Å². The molecule has 1 amide bonds. The minimum atomic E-state index is -0.329. The molecule has 0 bridgehead atoms. The van der Waals surface area contributed by atoms with Gasteiger partial charge in [0.15, 0.2) is 5.16 Å². The fraction of sp³-hybridized carbons (Fsp3) is 0.154. The number of hydrogen-bond donors (Lipinski definition) is 4. The van der Waals surface area contributed by atoms with Crippen LogP contribution in [0.2, 0.25) is 0 Å². The van der Waals surface area contributed by atoms with Crippen LogP contribution < -0.4 is 21.9 Å². The molecule has 0 saturated heterocycles. The van der Waals surface area contributed by atoms with Crippen molar-refractivity contribution in [2.24, 2.45) is 0 Å². The minimum absolute atomic E-state index is 0.0786. The molecule has 8 heteroatoms. The second-order valence-corrected chi connectivity index (χ2v) is 5.60. The summed E-state index contributed by atoms with van der Waals surface area (Å²) >= 11 is 1.27. The highest BCUT2D eigenvalue weighted by Crippen LogP contribution is 2.35. The molecule has 21 heavy (non-hydrogen) atoms. The normalized spacial score (nSPS) is 16.6. The predicted octanol–water partition coefficient (Wildman–Crippen LogP) is 0.716. The first kappa shape index (κ1) is 13.7. The van der Waals surface area contributed by atoms with E-state index in [9.17, 15) is 9.59 Å². The summed E-state index contributed by atoms with van der Waals surface area (Å²) in [4.78, 5) is 30.6. The second-order valence-electron chi connectivity index (χ2n) is 4.54. The van der Waals surface area contributed by atoms with Crippen molar-refractivity contribution in [1.29, 1.82) is 0 Å². The number of nitrogen functional groups attached to an aromatic ring is 1. The van der Waals surface area contributed by atoms with E-state index >= 15 is 0 Å². The first-order valence-corrected chi connectivity index (χ1v) is 7.05. The third kappa shape index (κ3) is 2.63. The Hall–Kier alpha value is -2.32. The SMILES string of the molecule is CNC1C(=O)Nc2cc(Sc3nc(N)cc(=O)[nH]3)ccc21. The van der Waals surface area contributed by atoms with Gasteiger partial charge in [-0.25, -0.2) is 4.98 Å². The van der Waals surface area contributed by atoms with Crippen LogP contribution in [0.25, 0.3) is 0 Å². The Morgan fingerprint density at radius 3 is 2.86 bits per heavy atom. The van der Waals surface area contributed by atoms with Crippen LogP contribution in [0.4, 0.5) is 11.5 Å². The highest BCUT2D eigenvalue weighted by molar-refractivity contribution is 7.99. The Balaban J connectivity index is 1.90. The van der Waals surface area contributed by atoms with Gasteiger partial charge in [-0.2, -0.15) is 0 Å². The van der Waals surface area contributed by atoms with Gasteiger partial charge in [0.25, 0.3) is 5.56 Å². The number of H-pyrrole nitrogens is 1. The maximum absolute atomic E-state index is 11.8. The minimum Gasteiger partial charge on any atom is -0.383 e. The molecule has 1 aliphatic heterocycles. The number of nitrogens with one attached hydrogen (secondary N) is 3. The fourth-order valence-corrected chi connectivity index (χ4v) is 3.04. The standard InChI is InChI=1S/C13H13N5O2S/c1-15-11-7-3-2-6(4-8(7)16-12(11)20)21-13-17-9(14)5-10(19)18-13/h2-5,11,15H,1H3,(H,16,20)(H3,14,17,18,19). The molecule has 2 heterocycles. The van der Waals surface area contributed by atoms with Crippen molar-refractivity contribution >= 4 is 29.2 Å². The van der Waals surface area contributed by atoms with Crippen LogP contribution in [-0.2, 0) is 4.79 Å². The highest BCUT2D eigenvalue weighted by atomic mass is 32.2. The third-order valence-electron chi connectivity index (χ3n) is 3.10. The van der Waals surface area contributed by atoms with E-state index in [1.807, 2.05) is 18.2 Å². The molecule has 1 unspecified atom stereocenters. The van der Waals surface area contributed by atoms with E-state index in [2.05, 4.69) is 20.6 Å². The van der Waals surface area contributed by atoms with Crippen LogP contribution in [0.1, 0.15) is 11.6 Å². The molecule has 2 aromatic rings. The molecule has 108 valence electrons. The predicted molar refractivity (Wildman–Crippen MR) is 80.3 cm³/mol. The Bertz CT molecular complexity index is 773. The number of carbonyl (C=O) groups excluding carboxylic acids is 1. The summed E-state index contributed by atoms with van der Waals surface area (Å²) in [6.45, 7) is 0. The van der Waals surface area contributed by atoms with Crippen molar-refractivity contribution in [3.63, 3.8) is 0 Å². The lowest BCUT2D eigenvalue weighted by atomic mass is 10.1. The van der Waals surface area contributed by atoms with Gasteiger partial charge in [0.2, 0.25) is 5.91 Å². The number of benzene rings is 1. The van der Waals surface area contributed by atoms with E-state index in [1.165, 1.54) is 17.8 Å². The van der Waals surface area contributed by atoms with E-state index in [4.69, 9.17) is 5.73 Å². The molecule has 1 aliphatic rings. The largest absolute Gasteiger partial charge is 0.383 e. The Kier molecular flexibility index (Phi) is 3.40. The van der Waals surface area contributed by atoms with E-state index in [0.29, 0.717) is 5.16 Å². The van der Waals surface area contributed by atoms with Crippen molar-refractivity contribution in [3.05, 3.63) is 40.2 Å². The molecule has 3 rings (SSSR count). The Morgan fingerprint density at radius 1 is 1.33 bits per heavy atom. The molecule has 1 aromatic heterocycles. The van der Waals surface area contributed by atoms with Gasteiger partial charge in [-0.3, -0.25) is 9.59 Å². The molecule has 1 aromatic carbocycles. The quantitative estimate of drug-likeness (QED) is 0.621. The molecule has 7 nitrogen and oxygen atoms in total. The van der Waals surface area contributed by atoms with Crippen LogP contribution in [0.3, 0.4) is 0 Å². The van der Waals surface area contributed by atoms with Crippen LogP contribution in [0.5, 0.6) is 0 Å². The molecular formula is C13H13N5O2S. The Morgan fingerprint density at radius 2 is 2.14 bits per heavy atom. The lowest BCUT2D eigenvalue weighted by Crippen LogP contribution is -2.23. The first-order chi connectivity index (χ1) is 10.1. The summed E-state index contributed by atoms with van der Waals surface area (Å²) in [5.74, 6) is 0.0936. The molecule has 0 spiro atoms. The van der Waals surface area contributed by atoms with Crippen molar-refractivity contribution in [1.82, 2.24) is 15.3 Å². The fourth-order valence-electron chi connectivity index (χ4n) is 2.20. The maximum atomic E-state index is 11.8. The number of hydrogen-bond acceptors (Lipinski definition) is 6. The monoisotopic (exact) mass is 303 g/mol. The van der Waals surface area contributed by atoms with E-state index in [0.717, 1.165) is 16.1 Å². The number of rotatable bonds is 3. The number of nitrogens with zero attached hydrogens (tertiary/aromatic N) is 1. The van der Waals surface area contributed by atoms with Crippen molar-refractivity contribution in [2.75, 3.05) is 18.1 Å². The number of carbonyl (C=O) groups is 1. The molecule has 0 radical (unpaired) electrons. The highest BCUT2D eigenvalue weighted by Gasteiger charge is 2.29. The zero-order valence-corrected chi connectivity index (χ0v) is 12.0. The van der Waals surface area contributed by atoms with Crippen molar-refractivity contribution in [3.8, 4) is 0 Å². The van der Waals surface area contributed by atoms with Gasteiger partial charge in [0, 0.05) is 22.2 Å². The van der Waals surface area contributed by atoms with Crippen LogP contribution in [-0.4, -0.2) is 22.9 Å². The topological polar surface area (TPSA) is 113 Å². The van der Waals surface area contributed by atoms with Gasteiger partial charge < -0.3 is 21.4 Å².